The van der Waals surface area contributed by atoms with Gasteiger partial charge in [-0.3, -0.25) is 10.1 Å². The lowest BCUT2D eigenvalue weighted by atomic mass is 10.1. The zero-order valence-electron chi connectivity index (χ0n) is 10.5. The summed E-state index contributed by atoms with van der Waals surface area (Å²) in [7, 11) is 0. The van der Waals surface area contributed by atoms with Crippen molar-refractivity contribution in [1.82, 2.24) is 9.78 Å². The highest BCUT2D eigenvalue weighted by atomic mass is 79.9. The van der Waals surface area contributed by atoms with E-state index < -0.39 is 4.92 Å². The first-order valence-electron chi connectivity index (χ1n) is 5.70. The van der Waals surface area contributed by atoms with E-state index in [0.29, 0.717) is 11.4 Å². The van der Waals surface area contributed by atoms with Crippen LogP contribution in [0.25, 0.3) is 5.69 Å². The summed E-state index contributed by atoms with van der Waals surface area (Å²) in [5, 5.41) is 15.4. The fourth-order valence-electron chi connectivity index (χ4n) is 1.82. The van der Waals surface area contributed by atoms with E-state index in [-0.39, 0.29) is 17.4 Å². The van der Waals surface area contributed by atoms with Crippen LogP contribution in [0, 0.1) is 10.1 Å². The van der Waals surface area contributed by atoms with Gasteiger partial charge in [-0.05, 0) is 18.2 Å². The molecule has 0 aliphatic rings. The first-order valence-corrected chi connectivity index (χ1v) is 6.49. The molecule has 19 heavy (non-hydrogen) atoms. The summed E-state index contributed by atoms with van der Waals surface area (Å²) in [6.07, 6.45) is 0. The quantitative estimate of drug-likeness (QED) is 0.693. The average molecular weight is 325 g/mol. The highest BCUT2D eigenvalue weighted by Crippen LogP contribution is 2.33. The molecule has 2 N–H and O–H groups in total. The first kappa shape index (κ1) is 13.5. The molecule has 0 atom stereocenters. The van der Waals surface area contributed by atoms with Crippen LogP contribution in [0.1, 0.15) is 25.5 Å². The van der Waals surface area contributed by atoms with Gasteiger partial charge in [0.2, 0.25) is 5.82 Å². The number of anilines is 1. The van der Waals surface area contributed by atoms with Gasteiger partial charge in [-0.15, -0.1) is 0 Å². The Hall–Kier alpha value is -1.89. The Labute approximate surface area is 118 Å². The van der Waals surface area contributed by atoms with Gasteiger partial charge in [0.05, 0.1) is 10.6 Å². The molecule has 0 aliphatic carbocycles. The summed E-state index contributed by atoms with van der Waals surface area (Å²) in [5.41, 5.74) is 6.83. The summed E-state index contributed by atoms with van der Waals surface area (Å²) in [5.74, 6) is -0.0251. The number of hydrogen-bond donors (Lipinski definition) is 1. The summed E-state index contributed by atoms with van der Waals surface area (Å²) in [6, 6.07) is 7.28. The van der Waals surface area contributed by atoms with Crippen molar-refractivity contribution in [1.29, 1.82) is 0 Å². The highest BCUT2D eigenvalue weighted by Gasteiger charge is 2.28. The average Bonchev–Trinajstić information content (AvgIpc) is 2.67. The number of nitro groups is 1. The second-order valence-electron chi connectivity index (χ2n) is 4.42. The van der Waals surface area contributed by atoms with Crippen molar-refractivity contribution < 1.29 is 4.92 Å². The molecular formula is C12H13BrN4O2. The van der Waals surface area contributed by atoms with Crippen LogP contribution in [-0.4, -0.2) is 14.7 Å². The van der Waals surface area contributed by atoms with Gasteiger partial charge < -0.3 is 5.73 Å². The Kier molecular flexibility index (Phi) is 3.57. The van der Waals surface area contributed by atoms with Gasteiger partial charge in [-0.1, -0.05) is 35.8 Å². The maximum atomic E-state index is 11.1. The molecule has 6 nitrogen and oxygen atoms in total. The molecule has 0 unspecified atom stereocenters. The van der Waals surface area contributed by atoms with E-state index in [9.17, 15) is 10.1 Å². The summed E-state index contributed by atoms with van der Waals surface area (Å²) < 4.78 is 2.26. The van der Waals surface area contributed by atoms with E-state index in [0.717, 1.165) is 4.47 Å². The van der Waals surface area contributed by atoms with Gasteiger partial charge in [0.1, 0.15) is 5.69 Å². The largest absolute Gasteiger partial charge is 0.378 e. The van der Waals surface area contributed by atoms with Gasteiger partial charge in [-0.2, -0.15) is 5.10 Å². The lowest BCUT2D eigenvalue weighted by molar-refractivity contribution is -0.384. The maximum absolute atomic E-state index is 11.1. The molecule has 1 heterocycles. The molecule has 2 aromatic rings. The lowest BCUT2D eigenvalue weighted by Crippen LogP contribution is -2.03. The molecule has 1 aromatic carbocycles. The Morgan fingerprint density at radius 3 is 2.63 bits per heavy atom. The molecule has 0 spiro atoms. The molecule has 1 aromatic heterocycles. The monoisotopic (exact) mass is 324 g/mol. The highest BCUT2D eigenvalue weighted by molar-refractivity contribution is 9.10. The summed E-state index contributed by atoms with van der Waals surface area (Å²) >= 11 is 3.35. The van der Waals surface area contributed by atoms with E-state index in [1.165, 1.54) is 4.68 Å². The molecule has 0 aliphatic heterocycles. The fraction of sp³-hybridized carbons (Fsp3) is 0.250. The molecule has 7 heteroatoms. The Morgan fingerprint density at radius 2 is 2.16 bits per heavy atom. The van der Waals surface area contributed by atoms with Crippen LogP contribution in [0.2, 0.25) is 0 Å². The standard InChI is InChI=1S/C12H13BrN4O2/c1-7(2)10-11(17(18)19)12(14)16(15-10)9-5-3-4-8(13)6-9/h3-7H,14H2,1-2H3. The number of hydrogen-bond acceptors (Lipinski definition) is 4. The normalized spacial score (nSPS) is 10.9. The molecular weight excluding hydrogens is 312 g/mol. The van der Waals surface area contributed by atoms with E-state index in [1.807, 2.05) is 26.0 Å². The molecule has 0 radical (unpaired) electrons. The van der Waals surface area contributed by atoms with Gasteiger partial charge in [0.15, 0.2) is 0 Å². The first-order chi connectivity index (χ1) is 8.91. The molecule has 0 bridgehead atoms. The number of halogens is 1. The van der Waals surface area contributed by atoms with Crippen LogP contribution in [0.4, 0.5) is 11.5 Å². The Balaban J connectivity index is 2.66. The number of aromatic nitrogens is 2. The van der Waals surface area contributed by atoms with Crippen molar-refractivity contribution in [3.8, 4) is 5.69 Å². The molecule has 0 amide bonds. The van der Waals surface area contributed by atoms with Gasteiger partial charge in [0.25, 0.3) is 0 Å². The van der Waals surface area contributed by atoms with Crippen molar-refractivity contribution in [3.05, 3.63) is 44.5 Å². The van der Waals surface area contributed by atoms with E-state index in [1.54, 1.807) is 12.1 Å². The molecule has 0 saturated heterocycles. The van der Waals surface area contributed by atoms with Crippen LogP contribution in [0.3, 0.4) is 0 Å². The molecule has 100 valence electrons. The number of nitrogen functional groups attached to an aromatic ring is 1. The topological polar surface area (TPSA) is 87.0 Å². The maximum Gasteiger partial charge on any atom is 0.334 e. The van der Waals surface area contributed by atoms with Crippen molar-refractivity contribution in [2.24, 2.45) is 0 Å². The smallest absolute Gasteiger partial charge is 0.334 e. The third kappa shape index (κ3) is 2.46. The Morgan fingerprint density at radius 1 is 1.47 bits per heavy atom. The SMILES string of the molecule is CC(C)c1nn(-c2cccc(Br)c2)c(N)c1[N+](=O)[O-]. The molecule has 0 fully saturated rings. The third-order valence-corrected chi connectivity index (χ3v) is 3.20. The lowest BCUT2D eigenvalue weighted by Gasteiger charge is -2.03. The van der Waals surface area contributed by atoms with Crippen LogP contribution in [0.15, 0.2) is 28.7 Å². The number of rotatable bonds is 3. The molecule has 0 saturated carbocycles. The second kappa shape index (κ2) is 5.00. The van der Waals surface area contributed by atoms with E-state index >= 15 is 0 Å². The van der Waals surface area contributed by atoms with Crippen LogP contribution in [-0.2, 0) is 0 Å². The fourth-order valence-corrected chi connectivity index (χ4v) is 2.21. The van der Waals surface area contributed by atoms with Crippen molar-refractivity contribution >= 4 is 27.4 Å². The minimum atomic E-state index is -0.480. The van der Waals surface area contributed by atoms with Crippen molar-refractivity contribution in [2.45, 2.75) is 19.8 Å². The minimum absolute atomic E-state index is 0.0480. The number of nitrogens with zero attached hydrogens (tertiary/aromatic N) is 3. The zero-order chi connectivity index (χ0) is 14.2. The summed E-state index contributed by atoms with van der Waals surface area (Å²) in [6.45, 7) is 3.69. The van der Waals surface area contributed by atoms with Gasteiger partial charge in [0, 0.05) is 10.4 Å². The van der Waals surface area contributed by atoms with Crippen LogP contribution >= 0.6 is 15.9 Å². The van der Waals surface area contributed by atoms with E-state index in [2.05, 4.69) is 21.0 Å². The minimum Gasteiger partial charge on any atom is -0.378 e. The third-order valence-electron chi connectivity index (χ3n) is 2.70. The second-order valence-corrected chi connectivity index (χ2v) is 5.34. The van der Waals surface area contributed by atoms with Crippen molar-refractivity contribution in [2.75, 3.05) is 5.73 Å². The Bertz CT molecular complexity index is 637. The van der Waals surface area contributed by atoms with E-state index in [4.69, 9.17) is 5.73 Å². The van der Waals surface area contributed by atoms with Gasteiger partial charge in [-0.25, -0.2) is 4.68 Å². The predicted molar refractivity (Wildman–Crippen MR) is 76.4 cm³/mol. The zero-order valence-corrected chi connectivity index (χ0v) is 12.1. The predicted octanol–water partition coefficient (Wildman–Crippen LogP) is 3.25. The van der Waals surface area contributed by atoms with Crippen LogP contribution < -0.4 is 5.73 Å². The summed E-state index contributed by atoms with van der Waals surface area (Å²) in [4.78, 5) is 10.6. The van der Waals surface area contributed by atoms with Gasteiger partial charge >= 0.3 is 5.69 Å². The number of nitrogens with two attached hydrogens (primary N) is 1. The number of benzene rings is 1. The van der Waals surface area contributed by atoms with Crippen molar-refractivity contribution in [3.63, 3.8) is 0 Å². The molecule has 2 rings (SSSR count). The van der Waals surface area contributed by atoms with Crippen LogP contribution in [0.5, 0.6) is 0 Å².